The van der Waals surface area contributed by atoms with Crippen molar-refractivity contribution >= 4 is 5.96 Å². The minimum Gasteiger partial charge on any atom is -0.379 e. The van der Waals surface area contributed by atoms with Gasteiger partial charge in [0, 0.05) is 45.5 Å². The maximum Gasteiger partial charge on any atom is 0.191 e. The fourth-order valence-corrected chi connectivity index (χ4v) is 2.73. The Morgan fingerprint density at radius 1 is 1.55 bits per heavy atom. The molecule has 1 aromatic rings. The predicted molar refractivity (Wildman–Crippen MR) is 87.9 cm³/mol. The van der Waals surface area contributed by atoms with E-state index in [1.54, 1.807) is 13.2 Å². The summed E-state index contributed by atoms with van der Waals surface area (Å²) in [5, 5.41) is 10.9. The van der Waals surface area contributed by atoms with Crippen molar-refractivity contribution in [3.05, 3.63) is 18.0 Å². The number of aryl methyl sites for hydroxylation is 1. The van der Waals surface area contributed by atoms with Crippen LogP contribution in [0.25, 0.3) is 0 Å². The highest BCUT2D eigenvalue weighted by atomic mass is 16.5. The van der Waals surface area contributed by atoms with E-state index < -0.39 is 0 Å². The first kappa shape index (κ1) is 16.8. The monoisotopic (exact) mass is 308 g/mol. The van der Waals surface area contributed by atoms with Crippen molar-refractivity contribution in [2.75, 3.05) is 33.4 Å². The van der Waals surface area contributed by atoms with Gasteiger partial charge in [0.05, 0.1) is 25.5 Å². The van der Waals surface area contributed by atoms with E-state index in [1.165, 1.54) is 0 Å². The van der Waals surface area contributed by atoms with E-state index in [4.69, 9.17) is 4.74 Å². The molecule has 0 aromatic carbocycles. The van der Waals surface area contributed by atoms with Crippen LogP contribution in [0, 0.1) is 0 Å². The number of hydrogen-bond acceptors (Lipinski definition) is 4. The predicted octanol–water partition coefficient (Wildman–Crippen LogP) is 0.194. The molecule has 1 aliphatic heterocycles. The van der Waals surface area contributed by atoms with Crippen LogP contribution in [-0.4, -0.2) is 66.1 Å². The molecule has 0 bridgehead atoms. The molecule has 2 unspecified atom stereocenters. The van der Waals surface area contributed by atoms with Crippen LogP contribution in [0.3, 0.4) is 0 Å². The van der Waals surface area contributed by atoms with Crippen molar-refractivity contribution in [3.63, 3.8) is 0 Å². The van der Waals surface area contributed by atoms with Crippen LogP contribution in [-0.2, 0) is 18.3 Å². The van der Waals surface area contributed by atoms with E-state index in [-0.39, 0.29) is 0 Å². The number of rotatable bonds is 5. The average Bonchev–Trinajstić information content (AvgIpc) is 2.93. The molecule has 0 spiro atoms. The Kier molecular flexibility index (Phi) is 6.21. The van der Waals surface area contributed by atoms with Crippen LogP contribution >= 0.6 is 0 Å². The zero-order valence-corrected chi connectivity index (χ0v) is 14.0. The first-order chi connectivity index (χ1) is 10.6. The van der Waals surface area contributed by atoms with Crippen LogP contribution < -0.4 is 10.6 Å². The maximum atomic E-state index is 5.49. The second-order valence-corrected chi connectivity index (χ2v) is 5.76. The zero-order valence-electron chi connectivity index (χ0n) is 14.0. The largest absolute Gasteiger partial charge is 0.379 e. The summed E-state index contributed by atoms with van der Waals surface area (Å²) < 4.78 is 7.35. The van der Waals surface area contributed by atoms with E-state index in [0.717, 1.165) is 38.0 Å². The topological polar surface area (TPSA) is 66.7 Å². The van der Waals surface area contributed by atoms with Gasteiger partial charge in [-0.15, -0.1) is 0 Å². The SMILES string of the molecule is CN=C(NCc1ccnn1C)NCC(C)N1CCOCC1C. The van der Waals surface area contributed by atoms with Crippen LogP contribution in [0.4, 0.5) is 0 Å². The van der Waals surface area contributed by atoms with E-state index in [2.05, 4.69) is 39.5 Å². The standard InChI is InChI=1S/C15H28N6O/c1-12(21-7-8-22-11-13(21)2)9-17-15(16-3)18-10-14-5-6-19-20(14)4/h5-6,12-13H,7-11H2,1-4H3,(H2,16,17,18). The van der Waals surface area contributed by atoms with Gasteiger partial charge in [-0.25, -0.2) is 0 Å². The Balaban J connectivity index is 1.77. The van der Waals surface area contributed by atoms with E-state index in [9.17, 15) is 0 Å². The Labute approximate surface area is 132 Å². The number of aromatic nitrogens is 2. The molecule has 2 N–H and O–H groups in total. The van der Waals surface area contributed by atoms with Gasteiger partial charge in [0.15, 0.2) is 5.96 Å². The van der Waals surface area contributed by atoms with E-state index in [0.29, 0.717) is 18.6 Å². The number of aliphatic imine (C=N–C) groups is 1. The Hall–Kier alpha value is -1.60. The third-order valence-corrected chi connectivity index (χ3v) is 4.13. The van der Waals surface area contributed by atoms with Gasteiger partial charge in [-0.1, -0.05) is 0 Å². The summed E-state index contributed by atoms with van der Waals surface area (Å²) in [7, 11) is 3.73. The number of nitrogens with zero attached hydrogens (tertiary/aromatic N) is 4. The summed E-state index contributed by atoms with van der Waals surface area (Å²) in [6.45, 7) is 8.65. The van der Waals surface area contributed by atoms with Crippen molar-refractivity contribution in [2.45, 2.75) is 32.5 Å². The number of nitrogens with one attached hydrogen (secondary N) is 2. The first-order valence-electron chi connectivity index (χ1n) is 7.86. The summed E-state index contributed by atoms with van der Waals surface area (Å²) in [4.78, 5) is 6.75. The summed E-state index contributed by atoms with van der Waals surface area (Å²) >= 11 is 0. The van der Waals surface area contributed by atoms with Crippen molar-refractivity contribution in [3.8, 4) is 0 Å². The average molecular weight is 308 g/mol. The molecule has 2 atom stereocenters. The van der Waals surface area contributed by atoms with Crippen molar-refractivity contribution in [1.29, 1.82) is 0 Å². The molecule has 124 valence electrons. The number of guanidine groups is 1. The van der Waals surface area contributed by atoms with Crippen molar-refractivity contribution < 1.29 is 4.74 Å². The minimum absolute atomic E-state index is 0.439. The Morgan fingerprint density at radius 2 is 2.36 bits per heavy atom. The molecular weight excluding hydrogens is 280 g/mol. The van der Waals surface area contributed by atoms with Gasteiger partial charge in [-0.05, 0) is 19.9 Å². The van der Waals surface area contributed by atoms with Crippen LogP contribution in [0.1, 0.15) is 19.5 Å². The summed E-state index contributed by atoms with van der Waals surface area (Å²) in [6, 6.07) is 2.90. The van der Waals surface area contributed by atoms with Gasteiger partial charge >= 0.3 is 0 Å². The molecule has 0 saturated carbocycles. The van der Waals surface area contributed by atoms with Crippen LogP contribution in [0.2, 0.25) is 0 Å². The Bertz CT molecular complexity index is 486. The fourth-order valence-electron chi connectivity index (χ4n) is 2.73. The molecule has 0 aliphatic carbocycles. The normalized spacial score (nSPS) is 21.6. The van der Waals surface area contributed by atoms with E-state index >= 15 is 0 Å². The number of hydrogen-bond donors (Lipinski definition) is 2. The lowest BCUT2D eigenvalue weighted by Crippen LogP contribution is -2.53. The molecule has 0 amide bonds. The number of ether oxygens (including phenoxy) is 1. The molecule has 2 heterocycles. The lowest BCUT2D eigenvalue weighted by Gasteiger charge is -2.38. The third kappa shape index (κ3) is 4.45. The molecule has 1 aliphatic rings. The Morgan fingerprint density at radius 3 is 3.00 bits per heavy atom. The molecule has 1 aromatic heterocycles. The van der Waals surface area contributed by atoms with Gasteiger partial charge < -0.3 is 15.4 Å². The highest BCUT2D eigenvalue weighted by Gasteiger charge is 2.23. The molecule has 1 saturated heterocycles. The van der Waals surface area contributed by atoms with Crippen molar-refractivity contribution in [2.24, 2.45) is 12.0 Å². The first-order valence-corrected chi connectivity index (χ1v) is 7.86. The number of morpholine rings is 1. The zero-order chi connectivity index (χ0) is 15.9. The second kappa shape index (κ2) is 8.14. The molecule has 7 heteroatoms. The highest BCUT2D eigenvalue weighted by Crippen LogP contribution is 2.09. The lowest BCUT2D eigenvalue weighted by atomic mass is 10.2. The van der Waals surface area contributed by atoms with Crippen LogP contribution in [0.5, 0.6) is 0 Å². The van der Waals surface area contributed by atoms with Gasteiger partial charge in [0.2, 0.25) is 0 Å². The molecular formula is C15H28N6O. The summed E-state index contributed by atoms with van der Waals surface area (Å²) in [6.07, 6.45) is 1.80. The van der Waals surface area contributed by atoms with Gasteiger partial charge in [0.25, 0.3) is 0 Å². The quantitative estimate of drug-likeness (QED) is 0.601. The molecule has 7 nitrogen and oxygen atoms in total. The lowest BCUT2D eigenvalue weighted by molar-refractivity contribution is -0.0174. The van der Waals surface area contributed by atoms with Gasteiger partial charge in [-0.2, -0.15) is 5.10 Å². The highest BCUT2D eigenvalue weighted by molar-refractivity contribution is 5.79. The summed E-state index contributed by atoms with van der Waals surface area (Å²) in [5.41, 5.74) is 1.12. The van der Waals surface area contributed by atoms with E-state index in [1.807, 2.05) is 17.8 Å². The maximum absolute atomic E-state index is 5.49. The minimum atomic E-state index is 0.439. The van der Waals surface area contributed by atoms with Crippen molar-refractivity contribution in [1.82, 2.24) is 25.3 Å². The third-order valence-electron chi connectivity index (χ3n) is 4.13. The second-order valence-electron chi connectivity index (χ2n) is 5.76. The fraction of sp³-hybridized carbons (Fsp3) is 0.733. The van der Waals surface area contributed by atoms with Gasteiger partial charge in [-0.3, -0.25) is 14.6 Å². The summed E-state index contributed by atoms with van der Waals surface area (Å²) in [5.74, 6) is 0.814. The van der Waals surface area contributed by atoms with Gasteiger partial charge in [0.1, 0.15) is 0 Å². The molecule has 1 fully saturated rings. The van der Waals surface area contributed by atoms with Crippen LogP contribution in [0.15, 0.2) is 17.3 Å². The molecule has 22 heavy (non-hydrogen) atoms. The molecule has 2 rings (SSSR count). The smallest absolute Gasteiger partial charge is 0.191 e. The molecule has 0 radical (unpaired) electrons.